The van der Waals surface area contributed by atoms with Crippen LogP contribution in [0, 0.1) is 11.8 Å². The lowest BCUT2D eigenvalue weighted by Gasteiger charge is -2.31. The maximum atomic E-state index is 13.1. The number of rotatable bonds is 2. The zero-order chi connectivity index (χ0) is 18.0. The van der Waals surface area contributed by atoms with Crippen LogP contribution in [0.5, 0.6) is 0 Å². The lowest BCUT2D eigenvalue weighted by atomic mass is 9.83. The summed E-state index contributed by atoms with van der Waals surface area (Å²) in [6, 6.07) is 6.70. The largest absolute Gasteiger partial charge is 0.457 e. The minimum Gasteiger partial charge on any atom is -0.457 e. The van der Waals surface area contributed by atoms with Crippen LogP contribution in [0.3, 0.4) is 0 Å². The van der Waals surface area contributed by atoms with Gasteiger partial charge in [0.1, 0.15) is 5.76 Å². The van der Waals surface area contributed by atoms with E-state index in [1.807, 2.05) is 25.2 Å². The number of allylic oxidation sites excluding steroid dienone is 3. The van der Waals surface area contributed by atoms with E-state index < -0.39 is 17.2 Å². The van der Waals surface area contributed by atoms with Gasteiger partial charge in [0, 0.05) is 22.6 Å². The second-order valence-electron chi connectivity index (χ2n) is 7.21. The first-order valence-electron chi connectivity index (χ1n) is 8.77. The molecule has 4 heteroatoms. The van der Waals surface area contributed by atoms with Crippen LogP contribution in [0.25, 0.3) is 0 Å². The molecule has 1 aliphatic heterocycles. The molecule has 0 spiro atoms. The molecule has 25 heavy (non-hydrogen) atoms. The maximum absolute atomic E-state index is 13.1. The third kappa shape index (κ3) is 1.87. The predicted molar refractivity (Wildman–Crippen MR) is 93.6 cm³/mol. The number of carbonyl (C=O) groups is 1. The van der Waals surface area contributed by atoms with Gasteiger partial charge in [0.25, 0.3) is 5.79 Å². The smallest absolute Gasteiger partial charge is 0.276 e. The topological polar surface area (TPSA) is 66.8 Å². The SMILES string of the molecule is CCC(C)C1=CC2=C(OC3(O)c4ccccc4C(=O)C23O)[C@H](C)C=C1. The number of hydrogen-bond acceptors (Lipinski definition) is 4. The number of fused-ring (bicyclic) bond motifs is 4. The molecule has 3 unspecified atom stereocenters. The molecule has 4 rings (SSSR count). The highest BCUT2D eigenvalue weighted by Crippen LogP contribution is 2.57. The molecule has 2 N–H and O–H groups in total. The fourth-order valence-electron chi connectivity index (χ4n) is 3.96. The monoisotopic (exact) mass is 338 g/mol. The van der Waals surface area contributed by atoms with Gasteiger partial charge in [0.15, 0.2) is 0 Å². The van der Waals surface area contributed by atoms with E-state index in [0.717, 1.165) is 12.0 Å². The number of benzene rings is 1. The van der Waals surface area contributed by atoms with Crippen molar-refractivity contribution in [3.63, 3.8) is 0 Å². The lowest BCUT2D eigenvalue weighted by molar-refractivity contribution is -0.237. The van der Waals surface area contributed by atoms with Crippen LogP contribution >= 0.6 is 0 Å². The highest BCUT2D eigenvalue weighted by Gasteiger charge is 2.71. The van der Waals surface area contributed by atoms with E-state index >= 15 is 0 Å². The van der Waals surface area contributed by atoms with Crippen molar-refractivity contribution in [2.75, 3.05) is 0 Å². The highest BCUT2D eigenvalue weighted by atomic mass is 16.7. The van der Waals surface area contributed by atoms with Crippen LogP contribution < -0.4 is 0 Å². The first kappa shape index (κ1) is 16.3. The highest BCUT2D eigenvalue weighted by molar-refractivity contribution is 6.11. The quantitative estimate of drug-likeness (QED) is 0.869. The van der Waals surface area contributed by atoms with E-state index in [9.17, 15) is 15.0 Å². The number of ether oxygens (including phenoxy) is 1. The van der Waals surface area contributed by atoms with Crippen molar-refractivity contribution in [3.05, 3.63) is 70.5 Å². The third-order valence-corrected chi connectivity index (χ3v) is 5.75. The molecule has 3 aliphatic rings. The van der Waals surface area contributed by atoms with Crippen LogP contribution in [0.4, 0.5) is 0 Å². The van der Waals surface area contributed by atoms with Gasteiger partial charge >= 0.3 is 0 Å². The molecule has 4 nitrogen and oxygen atoms in total. The molecule has 0 bridgehead atoms. The molecule has 0 saturated carbocycles. The zero-order valence-electron chi connectivity index (χ0n) is 14.6. The van der Waals surface area contributed by atoms with E-state index in [1.165, 1.54) is 0 Å². The number of ketones is 1. The molecule has 4 atom stereocenters. The molecule has 0 aromatic heterocycles. The molecule has 0 radical (unpaired) electrons. The van der Waals surface area contributed by atoms with Gasteiger partial charge in [0.05, 0.1) is 0 Å². The van der Waals surface area contributed by atoms with Crippen LogP contribution in [0.15, 0.2) is 59.4 Å². The van der Waals surface area contributed by atoms with E-state index in [0.29, 0.717) is 22.5 Å². The van der Waals surface area contributed by atoms with Crippen molar-refractivity contribution in [2.45, 2.75) is 38.6 Å². The first-order chi connectivity index (χ1) is 11.8. The van der Waals surface area contributed by atoms with Crippen LogP contribution in [0.2, 0.25) is 0 Å². The lowest BCUT2D eigenvalue weighted by Crippen LogP contribution is -2.50. The molecule has 1 aromatic carbocycles. The Morgan fingerprint density at radius 1 is 1.28 bits per heavy atom. The zero-order valence-corrected chi connectivity index (χ0v) is 14.6. The minimum atomic E-state index is -2.11. The number of hydrogen-bond donors (Lipinski definition) is 2. The predicted octanol–water partition coefficient (Wildman–Crippen LogP) is 3.22. The van der Waals surface area contributed by atoms with Gasteiger partial charge in [-0.05, 0) is 24.0 Å². The molecule has 130 valence electrons. The Hall–Kier alpha value is -2.17. The van der Waals surface area contributed by atoms with E-state index in [4.69, 9.17) is 4.74 Å². The van der Waals surface area contributed by atoms with Crippen LogP contribution in [-0.2, 0) is 10.5 Å². The summed E-state index contributed by atoms with van der Waals surface area (Å²) < 4.78 is 5.90. The fraction of sp³-hybridized carbons (Fsp3) is 0.381. The van der Waals surface area contributed by atoms with Gasteiger partial charge < -0.3 is 14.9 Å². The van der Waals surface area contributed by atoms with Gasteiger partial charge in [-0.2, -0.15) is 0 Å². The summed E-state index contributed by atoms with van der Waals surface area (Å²) in [6.07, 6.45) is 6.77. The molecule has 1 heterocycles. The van der Waals surface area contributed by atoms with Crippen molar-refractivity contribution < 1.29 is 19.7 Å². The molecular weight excluding hydrogens is 316 g/mol. The number of carbonyl (C=O) groups excluding carboxylic acids is 1. The number of aliphatic hydroxyl groups is 2. The van der Waals surface area contributed by atoms with Crippen molar-refractivity contribution in [2.24, 2.45) is 11.8 Å². The van der Waals surface area contributed by atoms with Crippen molar-refractivity contribution in [1.82, 2.24) is 0 Å². The third-order valence-electron chi connectivity index (χ3n) is 5.75. The fourth-order valence-corrected chi connectivity index (χ4v) is 3.96. The molecular formula is C21H22O4. The van der Waals surface area contributed by atoms with Crippen LogP contribution in [-0.4, -0.2) is 21.6 Å². The van der Waals surface area contributed by atoms with Crippen LogP contribution in [0.1, 0.15) is 43.1 Å². The summed E-state index contributed by atoms with van der Waals surface area (Å²) in [4.78, 5) is 13.1. The Morgan fingerprint density at radius 3 is 2.72 bits per heavy atom. The van der Waals surface area contributed by atoms with Crippen molar-refractivity contribution in [3.8, 4) is 0 Å². The minimum absolute atomic E-state index is 0.147. The van der Waals surface area contributed by atoms with Crippen molar-refractivity contribution >= 4 is 5.78 Å². The molecule has 0 amide bonds. The van der Waals surface area contributed by atoms with E-state index in [2.05, 4.69) is 13.8 Å². The summed E-state index contributed by atoms with van der Waals surface area (Å²) in [5, 5.41) is 22.7. The molecule has 2 aliphatic carbocycles. The summed E-state index contributed by atoms with van der Waals surface area (Å²) in [6.45, 7) is 6.13. The van der Waals surface area contributed by atoms with Gasteiger partial charge in [-0.25, -0.2) is 0 Å². The average Bonchev–Trinajstić information content (AvgIpc) is 2.85. The number of Topliss-reactive ketones (excluding diaryl/α,β-unsaturated/α-hetero) is 1. The molecule has 1 aromatic rings. The Kier molecular flexibility index (Phi) is 3.37. The molecule has 0 fully saturated rings. The van der Waals surface area contributed by atoms with E-state index in [-0.39, 0.29) is 11.8 Å². The Morgan fingerprint density at radius 2 is 2.00 bits per heavy atom. The summed E-state index contributed by atoms with van der Waals surface area (Å²) in [7, 11) is 0. The Bertz CT molecular complexity index is 862. The second kappa shape index (κ2) is 5.16. The Balaban J connectivity index is 1.94. The average molecular weight is 338 g/mol. The van der Waals surface area contributed by atoms with Gasteiger partial charge in [0.2, 0.25) is 11.4 Å². The van der Waals surface area contributed by atoms with E-state index in [1.54, 1.807) is 24.3 Å². The van der Waals surface area contributed by atoms with Crippen molar-refractivity contribution in [1.29, 1.82) is 0 Å². The molecule has 0 saturated heterocycles. The Labute approximate surface area is 147 Å². The summed E-state index contributed by atoms with van der Waals surface area (Å²) in [5.41, 5.74) is -0.0774. The standard InChI is InChI=1S/C21H22O4/c1-4-12(2)14-10-9-13(3)18-17(11-14)20(23)19(22)15-7-5-6-8-16(15)21(20,24)25-18/h5-13,23-24H,4H2,1-3H3/t12?,13-,20?,21?/m1/s1. The second-order valence-corrected chi connectivity index (χ2v) is 7.21. The van der Waals surface area contributed by atoms with Gasteiger partial charge in [-0.1, -0.05) is 57.2 Å². The summed E-state index contributed by atoms with van der Waals surface area (Å²) >= 11 is 0. The first-order valence-corrected chi connectivity index (χ1v) is 8.77. The van der Waals surface area contributed by atoms with Gasteiger partial charge in [-0.15, -0.1) is 0 Å². The van der Waals surface area contributed by atoms with Gasteiger partial charge in [-0.3, -0.25) is 4.79 Å². The normalized spacial score (nSPS) is 34.0. The maximum Gasteiger partial charge on any atom is 0.276 e. The summed E-state index contributed by atoms with van der Waals surface area (Å²) in [5.74, 6) is -1.99.